The number of carbonyl (C=O) groups is 1. The summed E-state index contributed by atoms with van der Waals surface area (Å²) in [5.74, 6) is 37.9. The van der Waals surface area contributed by atoms with E-state index in [0.717, 1.165) is 16.5 Å². The molecule has 0 bridgehead atoms. The number of para-hydroxylation sites is 2. The molecule has 40 heavy (non-hydrogen) atoms. The number of fused-ring (bicyclic) bond motifs is 2. The SMILES string of the molecule is C#CC#CC#CC#CC#CC#CC#CC#CC.O=C1/C(=C/c2c[nH]c3ccccc23)Oc2ccccc21.O=NO.[HH].[HH].[HH]. The number of aromatic amines is 1. The molecule has 2 aromatic carbocycles. The van der Waals surface area contributed by atoms with Gasteiger partial charge in [-0.1, -0.05) is 36.3 Å². The van der Waals surface area contributed by atoms with Crippen LogP contribution in [0.5, 0.6) is 5.75 Å². The second kappa shape index (κ2) is 17.5. The van der Waals surface area contributed by atoms with E-state index in [1.807, 2.05) is 48.7 Å². The second-order valence-corrected chi connectivity index (χ2v) is 6.83. The van der Waals surface area contributed by atoms with Gasteiger partial charge in [0.15, 0.2) is 11.1 Å². The number of ether oxygens (including phenoxy) is 1. The van der Waals surface area contributed by atoms with Gasteiger partial charge in [0.05, 0.1) is 5.56 Å². The molecule has 4 rings (SSSR count). The highest BCUT2D eigenvalue weighted by atomic mass is 16.6. The molecular formula is C34H22N2O4. The molecule has 2 heterocycles. The van der Waals surface area contributed by atoms with Crippen molar-refractivity contribution in [1.82, 2.24) is 4.98 Å². The quantitative estimate of drug-likeness (QED) is 0.196. The third-order valence-electron chi connectivity index (χ3n) is 4.43. The first kappa shape index (κ1) is 29.3. The lowest BCUT2D eigenvalue weighted by Crippen LogP contribution is -1.97. The standard InChI is InChI=1S/C17H11NO2.C17H4.HNO2.3H2/c19-17-13-6-2-4-8-15(13)20-16(17)9-11-10-18-14-7-3-1-5-12(11)14;1-3-5-7-9-11-13-15-17-16-14-12-10-8-6-4-2;2-1-3;;;/h1-10,18H;1H,2H3;(H,2,3);3*1H/b16-9-;;;;;. The normalized spacial score (nSPS) is 9.70. The lowest BCUT2D eigenvalue weighted by Gasteiger charge is -1.97. The third-order valence-corrected chi connectivity index (χ3v) is 4.43. The summed E-state index contributed by atoms with van der Waals surface area (Å²) in [6.07, 6.45) is 8.56. The van der Waals surface area contributed by atoms with Crippen molar-refractivity contribution in [3.05, 3.63) is 76.5 Å². The van der Waals surface area contributed by atoms with Crippen molar-refractivity contribution in [3.8, 4) is 101 Å². The van der Waals surface area contributed by atoms with E-state index < -0.39 is 0 Å². The molecule has 0 radical (unpaired) electrons. The average Bonchev–Trinajstić information content (AvgIpc) is 3.53. The average molecular weight is 523 g/mol. The molecule has 0 saturated heterocycles. The van der Waals surface area contributed by atoms with Crippen LogP contribution in [0.1, 0.15) is 27.1 Å². The first-order valence-electron chi connectivity index (χ1n) is 11.1. The van der Waals surface area contributed by atoms with E-state index in [-0.39, 0.29) is 10.1 Å². The molecule has 0 unspecified atom stereocenters. The number of nitrogens with one attached hydrogen (secondary N) is 1. The predicted octanol–water partition coefficient (Wildman–Crippen LogP) is 5.33. The smallest absolute Gasteiger partial charge is 0.231 e. The van der Waals surface area contributed by atoms with Crippen molar-refractivity contribution in [3.63, 3.8) is 0 Å². The highest BCUT2D eigenvalue weighted by Gasteiger charge is 2.26. The number of nitrogens with zero attached hydrogens (tertiary/aromatic N) is 1. The fourth-order valence-electron chi connectivity index (χ4n) is 2.93. The molecule has 0 atom stereocenters. The molecule has 1 aliphatic heterocycles. The van der Waals surface area contributed by atoms with Gasteiger partial charge in [0, 0.05) is 26.9 Å². The number of carbonyl (C=O) groups excluding carboxylic acids is 1. The topological polar surface area (TPSA) is 91.8 Å². The van der Waals surface area contributed by atoms with Gasteiger partial charge in [-0.2, -0.15) is 0 Å². The molecule has 0 spiro atoms. The Bertz CT molecular complexity index is 1960. The molecule has 0 amide bonds. The van der Waals surface area contributed by atoms with Crippen molar-refractivity contribution in [2.45, 2.75) is 6.92 Å². The van der Waals surface area contributed by atoms with Crippen LogP contribution in [-0.2, 0) is 0 Å². The highest BCUT2D eigenvalue weighted by Crippen LogP contribution is 2.32. The van der Waals surface area contributed by atoms with Gasteiger partial charge in [0.25, 0.3) is 0 Å². The summed E-state index contributed by atoms with van der Waals surface area (Å²) in [4.78, 5) is 23.6. The van der Waals surface area contributed by atoms with Gasteiger partial charge < -0.3 is 14.9 Å². The monoisotopic (exact) mass is 522 g/mol. The van der Waals surface area contributed by atoms with Crippen LogP contribution in [0.3, 0.4) is 0 Å². The number of benzene rings is 2. The summed E-state index contributed by atoms with van der Waals surface area (Å²) < 4.78 is 5.64. The number of Topliss-reactive ketones (excluding diaryl/α,β-unsaturated/α-hetero) is 1. The van der Waals surface area contributed by atoms with Gasteiger partial charge in [0.2, 0.25) is 5.78 Å². The Labute approximate surface area is 236 Å². The van der Waals surface area contributed by atoms with Crippen LogP contribution in [0, 0.1) is 100 Å². The van der Waals surface area contributed by atoms with Gasteiger partial charge in [-0.3, -0.25) is 4.79 Å². The van der Waals surface area contributed by atoms with Crippen molar-refractivity contribution in [2.24, 2.45) is 5.34 Å². The summed E-state index contributed by atoms with van der Waals surface area (Å²) in [6, 6.07) is 15.3. The number of rotatable bonds is 1. The zero-order valence-corrected chi connectivity index (χ0v) is 21.0. The number of allylic oxidation sites excluding steroid dienone is 1. The van der Waals surface area contributed by atoms with E-state index in [0.29, 0.717) is 17.1 Å². The van der Waals surface area contributed by atoms with E-state index in [9.17, 15) is 4.79 Å². The van der Waals surface area contributed by atoms with E-state index >= 15 is 0 Å². The molecule has 0 aliphatic carbocycles. The van der Waals surface area contributed by atoms with Crippen LogP contribution >= 0.6 is 0 Å². The van der Waals surface area contributed by atoms with E-state index in [4.69, 9.17) is 21.3 Å². The zero-order valence-electron chi connectivity index (χ0n) is 21.0. The molecule has 1 aromatic heterocycles. The number of ketones is 1. The van der Waals surface area contributed by atoms with Gasteiger partial charge in [0.1, 0.15) is 5.75 Å². The summed E-state index contributed by atoms with van der Waals surface area (Å²) in [6.45, 7) is 1.70. The second-order valence-electron chi connectivity index (χ2n) is 6.83. The van der Waals surface area contributed by atoms with E-state index in [1.165, 1.54) is 5.34 Å². The number of terminal acetylenes is 1. The molecule has 0 fully saturated rings. The largest absolute Gasteiger partial charge is 0.452 e. The first-order chi connectivity index (χ1) is 19.7. The first-order valence-corrected chi connectivity index (χ1v) is 11.1. The maximum atomic E-state index is 12.3. The number of hydrogen-bond donors (Lipinski definition) is 2. The van der Waals surface area contributed by atoms with Gasteiger partial charge in [-0.25, -0.2) is 0 Å². The Balaban J connectivity index is 0. The Morgan fingerprint density at radius 3 is 1.95 bits per heavy atom. The van der Waals surface area contributed by atoms with Crippen LogP contribution in [-0.4, -0.2) is 16.0 Å². The highest BCUT2D eigenvalue weighted by molar-refractivity contribution is 6.15. The minimum absolute atomic E-state index is 0. The van der Waals surface area contributed by atoms with Crippen molar-refractivity contribution in [2.75, 3.05) is 0 Å². The maximum absolute atomic E-state index is 12.3. The van der Waals surface area contributed by atoms with Crippen LogP contribution in [0.25, 0.3) is 17.0 Å². The fourth-order valence-corrected chi connectivity index (χ4v) is 2.93. The van der Waals surface area contributed by atoms with E-state index in [2.05, 4.69) is 93.8 Å². The Hall–Kier alpha value is -6.93. The molecule has 0 saturated carbocycles. The Morgan fingerprint density at radius 1 is 0.850 bits per heavy atom. The summed E-state index contributed by atoms with van der Waals surface area (Å²) >= 11 is 0. The van der Waals surface area contributed by atoms with Crippen LogP contribution in [0.15, 0.2) is 65.8 Å². The van der Waals surface area contributed by atoms with Crippen LogP contribution in [0.4, 0.5) is 0 Å². The van der Waals surface area contributed by atoms with Crippen LogP contribution in [0.2, 0.25) is 0 Å². The van der Waals surface area contributed by atoms with Gasteiger partial charge in [-0.15, -0.1) is 11.3 Å². The Kier molecular flexibility index (Phi) is 12.8. The summed E-state index contributed by atoms with van der Waals surface area (Å²) in [7, 11) is 0. The number of aromatic nitrogens is 1. The minimum atomic E-state index is -0.0640. The lowest BCUT2D eigenvalue weighted by molar-refractivity contribution is 0.101. The van der Waals surface area contributed by atoms with Crippen molar-refractivity contribution in [1.29, 1.82) is 0 Å². The summed E-state index contributed by atoms with van der Waals surface area (Å²) in [5, 5.41) is 8.97. The number of hydrogen-bond acceptors (Lipinski definition) is 4. The molecular weight excluding hydrogens is 500 g/mol. The fraction of sp³-hybridized carbons (Fsp3) is 0.0294. The van der Waals surface area contributed by atoms with Crippen LogP contribution < -0.4 is 4.74 Å². The number of H-pyrrole nitrogens is 1. The lowest BCUT2D eigenvalue weighted by atomic mass is 10.1. The molecule has 6 nitrogen and oxygen atoms in total. The van der Waals surface area contributed by atoms with Crippen molar-refractivity contribution < 1.29 is 19.0 Å². The minimum Gasteiger partial charge on any atom is -0.452 e. The Morgan fingerprint density at radius 2 is 1.38 bits per heavy atom. The maximum Gasteiger partial charge on any atom is 0.231 e. The zero-order chi connectivity index (χ0) is 28.8. The van der Waals surface area contributed by atoms with Crippen molar-refractivity contribution >= 4 is 22.8 Å². The molecule has 3 aromatic rings. The van der Waals surface area contributed by atoms with E-state index in [1.54, 1.807) is 19.1 Å². The molecule has 192 valence electrons. The third kappa shape index (κ3) is 9.61. The van der Waals surface area contributed by atoms with Gasteiger partial charge >= 0.3 is 0 Å². The molecule has 2 N–H and O–H groups in total. The summed E-state index contributed by atoms with van der Waals surface area (Å²) in [5.41, 5.74) is 2.62. The molecule has 6 heteroatoms. The van der Waals surface area contributed by atoms with Gasteiger partial charge in [-0.05, 0) is 114 Å². The molecule has 1 aliphatic rings. The predicted molar refractivity (Wildman–Crippen MR) is 161 cm³/mol.